The van der Waals surface area contributed by atoms with Gasteiger partial charge in [0.1, 0.15) is 12.0 Å². The van der Waals surface area contributed by atoms with Crippen LogP contribution in [0.4, 0.5) is 0 Å². The van der Waals surface area contributed by atoms with E-state index in [1.165, 1.54) is 0 Å². The molecule has 1 N–H and O–H groups in total. The Labute approximate surface area is 126 Å². The first-order valence-corrected chi connectivity index (χ1v) is 7.46. The fraction of sp³-hybridized carbons (Fsp3) is 0.529. The number of amides is 1. The van der Waals surface area contributed by atoms with Gasteiger partial charge in [-0.25, -0.2) is 0 Å². The minimum atomic E-state index is -0.565. The van der Waals surface area contributed by atoms with E-state index in [1.54, 1.807) is 19.1 Å². The Balaban J connectivity index is 2.81. The molecule has 1 unspecified atom stereocenters. The predicted molar refractivity (Wildman–Crippen MR) is 83.9 cm³/mol. The van der Waals surface area contributed by atoms with E-state index in [4.69, 9.17) is 4.74 Å². The summed E-state index contributed by atoms with van der Waals surface area (Å²) >= 11 is 0. The van der Waals surface area contributed by atoms with Crippen LogP contribution in [0.25, 0.3) is 0 Å². The van der Waals surface area contributed by atoms with Crippen molar-refractivity contribution in [3.05, 3.63) is 28.8 Å². The standard InChI is InChI=1S/C17H25NO3/c1-6-15(7-2)18-17(20)13(5)21-16-11(3)8-14(10-19)9-12(16)4/h8-10,13,15H,6-7H2,1-5H3,(H,18,20). The van der Waals surface area contributed by atoms with Gasteiger partial charge in [-0.15, -0.1) is 0 Å². The second kappa shape index (κ2) is 7.81. The third-order valence-corrected chi connectivity index (χ3v) is 3.61. The van der Waals surface area contributed by atoms with Crippen molar-refractivity contribution < 1.29 is 14.3 Å². The minimum absolute atomic E-state index is 0.109. The molecule has 1 aromatic carbocycles. The zero-order valence-electron chi connectivity index (χ0n) is 13.5. The molecule has 0 spiro atoms. The summed E-state index contributed by atoms with van der Waals surface area (Å²) in [6.45, 7) is 9.59. The molecule has 1 atom stereocenters. The molecule has 4 nitrogen and oxygen atoms in total. The molecule has 0 aliphatic heterocycles. The zero-order chi connectivity index (χ0) is 16.0. The maximum atomic E-state index is 12.1. The number of hydrogen-bond acceptors (Lipinski definition) is 3. The maximum Gasteiger partial charge on any atom is 0.260 e. The van der Waals surface area contributed by atoms with Crippen molar-refractivity contribution in [2.24, 2.45) is 0 Å². The number of benzene rings is 1. The number of hydrogen-bond donors (Lipinski definition) is 1. The summed E-state index contributed by atoms with van der Waals surface area (Å²) in [5.41, 5.74) is 2.34. The zero-order valence-corrected chi connectivity index (χ0v) is 13.5. The molecular weight excluding hydrogens is 266 g/mol. The molecule has 1 rings (SSSR count). The normalized spacial score (nSPS) is 12.1. The Hall–Kier alpha value is -1.84. The van der Waals surface area contributed by atoms with Gasteiger partial charge in [-0.2, -0.15) is 0 Å². The summed E-state index contributed by atoms with van der Waals surface area (Å²) < 4.78 is 5.80. The predicted octanol–water partition coefficient (Wildman–Crippen LogP) is 3.19. The Morgan fingerprint density at radius 3 is 2.19 bits per heavy atom. The fourth-order valence-electron chi connectivity index (χ4n) is 2.28. The summed E-state index contributed by atoms with van der Waals surface area (Å²) in [6.07, 6.45) is 2.06. The molecule has 116 valence electrons. The summed E-state index contributed by atoms with van der Waals surface area (Å²) in [5.74, 6) is 0.565. The summed E-state index contributed by atoms with van der Waals surface area (Å²) in [6, 6.07) is 3.71. The molecule has 0 saturated carbocycles. The molecule has 0 heterocycles. The Kier molecular flexibility index (Phi) is 6.40. The maximum absolute atomic E-state index is 12.1. The number of rotatable bonds is 7. The monoisotopic (exact) mass is 291 g/mol. The van der Waals surface area contributed by atoms with Crippen LogP contribution < -0.4 is 10.1 Å². The van der Waals surface area contributed by atoms with Gasteiger partial charge in [0.2, 0.25) is 0 Å². The number of nitrogens with one attached hydrogen (secondary N) is 1. The van der Waals surface area contributed by atoms with E-state index >= 15 is 0 Å². The number of aryl methyl sites for hydroxylation is 2. The average Bonchev–Trinajstić information content (AvgIpc) is 2.47. The van der Waals surface area contributed by atoms with Gasteiger partial charge in [-0.3, -0.25) is 9.59 Å². The van der Waals surface area contributed by atoms with Crippen molar-refractivity contribution in [1.29, 1.82) is 0 Å². The number of carbonyl (C=O) groups excluding carboxylic acids is 2. The van der Waals surface area contributed by atoms with E-state index in [0.717, 1.165) is 30.3 Å². The number of carbonyl (C=O) groups is 2. The molecule has 21 heavy (non-hydrogen) atoms. The molecule has 0 bridgehead atoms. The summed E-state index contributed by atoms with van der Waals surface area (Å²) in [7, 11) is 0. The van der Waals surface area contributed by atoms with Crippen LogP contribution in [0.15, 0.2) is 12.1 Å². The number of aldehydes is 1. The average molecular weight is 291 g/mol. The van der Waals surface area contributed by atoms with E-state index in [1.807, 2.05) is 27.7 Å². The topological polar surface area (TPSA) is 55.4 Å². The lowest BCUT2D eigenvalue weighted by Gasteiger charge is -2.21. The number of ether oxygens (including phenoxy) is 1. The van der Waals surface area contributed by atoms with Crippen molar-refractivity contribution in [3.8, 4) is 5.75 Å². The van der Waals surface area contributed by atoms with Gasteiger partial charge in [0.25, 0.3) is 5.91 Å². The van der Waals surface area contributed by atoms with Gasteiger partial charge in [-0.1, -0.05) is 13.8 Å². The van der Waals surface area contributed by atoms with Crippen molar-refractivity contribution >= 4 is 12.2 Å². The molecule has 1 amide bonds. The highest BCUT2D eigenvalue weighted by Gasteiger charge is 2.19. The fourth-order valence-corrected chi connectivity index (χ4v) is 2.28. The second-order valence-corrected chi connectivity index (χ2v) is 5.38. The largest absolute Gasteiger partial charge is 0.480 e. The van der Waals surface area contributed by atoms with Crippen LogP contribution >= 0.6 is 0 Å². The molecule has 0 aromatic heterocycles. The molecule has 0 aliphatic rings. The van der Waals surface area contributed by atoms with Gasteiger partial charge >= 0.3 is 0 Å². The van der Waals surface area contributed by atoms with Gasteiger partial charge in [0.15, 0.2) is 6.10 Å². The first-order valence-electron chi connectivity index (χ1n) is 7.46. The van der Waals surface area contributed by atoms with Crippen LogP contribution in [0.1, 0.15) is 55.1 Å². The van der Waals surface area contributed by atoms with Crippen LogP contribution in [0.3, 0.4) is 0 Å². The van der Waals surface area contributed by atoms with E-state index in [2.05, 4.69) is 5.32 Å². The molecule has 0 fully saturated rings. The van der Waals surface area contributed by atoms with Crippen LogP contribution in [0.5, 0.6) is 5.75 Å². The molecule has 0 radical (unpaired) electrons. The smallest absolute Gasteiger partial charge is 0.260 e. The van der Waals surface area contributed by atoms with Crippen LogP contribution in [-0.2, 0) is 4.79 Å². The van der Waals surface area contributed by atoms with Crippen LogP contribution in [0.2, 0.25) is 0 Å². The van der Waals surface area contributed by atoms with Crippen LogP contribution in [0, 0.1) is 13.8 Å². The van der Waals surface area contributed by atoms with Crippen molar-refractivity contribution in [1.82, 2.24) is 5.32 Å². The van der Waals surface area contributed by atoms with E-state index in [0.29, 0.717) is 11.3 Å². The quantitative estimate of drug-likeness (QED) is 0.785. The molecular formula is C17H25NO3. The van der Waals surface area contributed by atoms with Crippen molar-refractivity contribution in [3.63, 3.8) is 0 Å². The highest BCUT2D eigenvalue weighted by molar-refractivity contribution is 5.81. The third-order valence-electron chi connectivity index (χ3n) is 3.61. The second-order valence-electron chi connectivity index (χ2n) is 5.38. The summed E-state index contributed by atoms with van der Waals surface area (Å²) in [4.78, 5) is 23.0. The minimum Gasteiger partial charge on any atom is -0.480 e. The van der Waals surface area contributed by atoms with E-state index in [-0.39, 0.29) is 11.9 Å². The molecule has 4 heteroatoms. The lowest BCUT2D eigenvalue weighted by molar-refractivity contribution is -0.128. The molecule has 0 saturated heterocycles. The molecule has 0 aliphatic carbocycles. The van der Waals surface area contributed by atoms with Gasteiger partial charge in [0, 0.05) is 11.6 Å². The SMILES string of the molecule is CCC(CC)NC(=O)C(C)Oc1c(C)cc(C=O)cc1C. The highest BCUT2D eigenvalue weighted by Crippen LogP contribution is 2.25. The van der Waals surface area contributed by atoms with Gasteiger partial charge in [0.05, 0.1) is 0 Å². The van der Waals surface area contributed by atoms with E-state index in [9.17, 15) is 9.59 Å². The lowest BCUT2D eigenvalue weighted by atomic mass is 10.1. The lowest BCUT2D eigenvalue weighted by Crippen LogP contribution is -2.42. The van der Waals surface area contributed by atoms with Gasteiger partial charge < -0.3 is 10.1 Å². The van der Waals surface area contributed by atoms with Crippen LogP contribution in [-0.4, -0.2) is 24.3 Å². The van der Waals surface area contributed by atoms with E-state index < -0.39 is 6.10 Å². The summed E-state index contributed by atoms with van der Waals surface area (Å²) in [5, 5.41) is 2.98. The Morgan fingerprint density at radius 2 is 1.76 bits per heavy atom. The third kappa shape index (κ3) is 4.59. The van der Waals surface area contributed by atoms with Gasteiger partial charge in [-0.05, 0) is 56.9 Å². The Bertz CT molecular complexity index is 484. The highest BCUT2D eigenvalue weighted by atomic mass is 16.5. The first-order chi connectivity index (χ1) is 9.92. The van der Waals surface area contributed by atoms with Crippen molar-refractivity contribution in [2.45, 2.75) is 59.6 Å². The first kappa shape index (κ1) is 17.2. The Morgan fingerprint density at radius 1 is 1.24 bits per heavy atom. The molecule has 1 aromatic rings. The van der Waals surface area contributed by atoms with Crippen molar-refractivity contribution in [2.75, 3.05) is 0 Å².